The molecule has 0 aromatic heterocycles. The van der Waals surface area contributed by atoms with E-state index in [9.17, 15) is 30.6 Å². The van der Waals surface area contributed by atoms with Gasteiger partial charge in [-0.15, -0.1) is 0 Å². The summed E-state index contributed by atoms with van der Waals surface area (Å²) in [6.45, 7) is 0. The lowest BCUT2D eigenvalue weighted by Crippen LogP contribution is -2.33. The minimum absolute atomic E-state index is 0.0752. The molecule has 30 heavy (non-hydrogen) atoms. The smallest absolute Gasteiger partial charge is 0.163 e. The zero-order valence-corrected chi connectivity index (χ0v) is 15.4. The van der Waals surface area contributed by atoms with Gasteiger partial charge in [-0.3, -0.25) is 0 Å². The summed E-state index contributed by atoms with van der Waals surface area (Å²) >= 11 is 0. The van der Waals surface area contributed by atoms with Crippen molar-refractivity contribution in [3.05, 3.63) is 71.3 Å². The standard InChI is InChI=1S/C21H17N3O6/c25-10-1-4-13(16(28)7-10)19-22-20(14-5-2-11(26)8-17(14)29)24-21(23-19)15-6-3-12(27)9-18(15)30/h1-9,19,25-30H,(H,22,23,24). The largest absolute Gasteiger partial charge is 0.508 e. The lowest BCUT2D eigenvalue weighted by molar-refractivity contribution is 0.440. The molecule has 9 nitrogen and oxygen atoms in total. The third-order valence-electron chi connectivity index (χ3n) is 4.51. The molecule has 1 aliphatic rings. The van der Waals surface area contributed by atoms with Gasteiger partial charge >= 0.3 is 0 Å². The first kappa shape index (κ1) is 18.9. The van der Waals surface area contributed by atoms with Crippen LogP contribution in [-0.2, 0) is 0 Å². The van der Waals surface area contributed by atoms with Crippen molar-refractivity contribution in [2.24, 2.45) is 9.98 Å². The number of aliphatic imine (C=N–C) groups is 2. The van der Waals surface area contributed by atoms with Crippen molar-refractivity contribution in [1.29, 1.82) is 0 Å². The van der Waals surface area contributed by atoms with Crippen molar-refractivity contribution in [3.8, 4) is 34.5 Å². The minimum Gasteiger partial charge on any atom is -0.508 e. The first-order valence-electron chi connectivity index (χ1n) is 8.81. The predicted octanol–water partition coefficient (Wildman–Crippen LogP) is 2.42. The van der Waals surface area contributed by atoms with Gasteiger partial charge in [0.05, 0.1) is 11.1 Å². The highest BCUT2D eigenvalue weighted by atomic mass is 16.3. The number of nitrogens with zero attached hydrogens (tertiary/aromatic N) is 2. The molecule has 0 saturated heterocycles. The van der Waals surface area contributed by atoms with Crippen LogP contribution < -0.4 is 5.32 Å². The zero-order chi connectivity index (χ0) is 21.4. The summed E-state index contributed by atoms with van der Waals surface area (Å²) in [4.78, 5) is 8.80. The summed E-state index contributed by atoms with van der Waals surface area (Å²) < 4.78 is 0. The second-order valence-electron chi connectivity index (χ2n) is 6.61. The first-order chi connectivity index (χ1) is 14.3. The maximum absolute atomic E-state index is 10.3. The Bertz CT molecular complexity index is 1210. The quantitative estimate of drug-likeness (QED) is 0.351. The zero-order valence-electron chi connectivity index (χ0n) is 15.4. The van der Waals surface area contributed by atoms with E-state index >= 15 is 0 Å². The molecule has 0 fully saturated rings. The van der Waals surface area contributed by atoms with Crippen LogP contribution in [0.2, 0.25) is 0 Å². The molecule has 152 valence electrons. The number of rotatable bonds is 3. The van der Waals surface area contributed by atoms with Crippen LogP contribution in [0.1, 0.15) is 22.9 Å². The van der Waals surface area contributed by atoms with E-state index in [4.69, 9.17) is 0 Å². The Balaban J connectivity index is 1.87. The molecule has 3 aromatic rings. The molecular formula is C21H17N3O6. The number of hydrogen-bond acceptors (Lipinski definition) is 9. The Kier molecular flexibility index (Phi) is 4.55. The molecule has 7 N–H and O–H groups in total. The Hall–Kier alpha value is -4.40. The van der Waals surface area contributed by atoms with Gasteiger partial charge in [0.15, 0.2) is 12.0 Å². The van der Waals surface area contributed by atoms with Gasteiger partial charge in [0.2, 0.25) is 0 Å². The molecule has 1 atom stereocenters. The van der Waals surface area contributed by atoms with Crippen molar-refractivity contribution >= 4 is 11.7 Å². The summed E-state index contributed by atoms with van der Waals surface area (Å²) in [5.74, 6) is -0.884. The fourth-order valence-electron chi connectivity index (χ4n) is 3.06. The van der Waals surface area contributed by atoms with Crippen molar-refractivity contribution in [2.45, 2.75) is 6.17 Å². The van der Waals surface area contributed by atoms with E-state index in [1.807, 2.05) is 0 Å². The van der Waals surface area contributed by atoms with Crippen molar-refractivity contribution in [3.63, 3.8) is 0 Å². The molecule has 0 radical (unpaired) electrons. The van der Waals surface area contributed by atoms with Gasteiger partial charge in [-0.25, -0.2) is 9.98 Å². The molecule has 1 aliphatic heterocycles. The second-order valence-corrected chi connectivity index (χ2v) is 6.61. The van der Waals surface area contributed by atoms with Gasteiger partial charge in [0.1, 0.15) is 40.3 Å². The highest BCUT2D eigenvalue weighted by molar-refractivity contribution is 6.14. The van der Waals surface area contributed by atoms with E-state index in [0.717, 1.165) is 18.2 Å². The van der Waals surface area contributed by atoms with Gasteiger partial charge in [0, 0.05) is 23.8 Å². The van der Waals surface area contributed by atoms with Crippen molar-refractivity contribution in [2.75, 3.05) is 0 Å². The van der Waals surface area contributed by atoms with E-state index in [0.29, 0.717) is 5.56 Å². The second kappa shape index (κ2) is 7.21. The monoisotopic (exact) mass is 407 g/mol. The number of benzene rings is 3. The number of phenols is 6. The van der Waals surface area contributed by atoms with E-state index in [1.54, 1.807) is 0 Å². The van der Waals surface area contributed by atoms with Crippen LogP contribution in [0.5, 0.6) is 34.5 Å². The summed E-state index contributed by atoms with van der Waals surface area (Å²) in [6, 6.07) is 11.9. The maximum atomic E-state index is 10.3. The number of hydrogen-bond donors (Lipinski definition) is 7. The highest BCUT2D eigenvalue weighted by Crippen LogP contribution is 2.33. The summed E-state index contributed by atoms with van der Waals surface area (Å²) in [7, 11) is 0. The van der Waals surface area contributed by atoms with E-state index < -0.39 is 6.17 Å². The lowest BCUT2D eigenvalue weighted by atomic mass is 10.1. The Labute approximate surface area is 170 Å². The minimum atomic E-state index is -0.880. The number of phenolic OH excluding ortho intramolecular Hbond substituents is 6. The molecule has 4 rings (SSSR count). The van der Waals surface area contributed by atoms with E-state index in [2.05, 4.69) is 15.3 Å². The maximum Gasteiger partial charge on any atom is 0.163 e. The van der Waals surface area contributed by atoms with Crippen LogP contribution in [0.15, 0.2) is 64.6 Å². The summed E-state index contributed by atoms with van der Waals surface area (Å²) in [5.41, 5.74) is 0.782. The average molecular weight is 407 g/mol. The Morgan fingerprint density at radius 2 is 1.17 bits per heavy atom. The molecule has 0 aliphatic carbocycles. The fourth-order valence-corrected chi connectivity index (χ4v) is 3.06. The van der Waals surface area contributed by atoms with Crippen LogP contribution in [0.4, 0.5) is 0 Å². The highest BCUT2D eigenvalue weighted by Gasteiger charge is 2.25. The number of nitrogens with one attached hydrogen (secondary N) is 1. The molecule has 3 aromatic carbocycles. The third-order valence-corrected chi connectivity index (χ3v) is 4.51. The Morgan fingerprint density at radius 3 is 1.73 bits per heavy atom. The average Bonchev–Trinajstić information content (AvgIpc) is 2.67. The number of amidine groups is 2. The van der Waals surface area contributed by atoms with E-state index in [-0.39, 0.29) is 57.3 Å². The van der Waals surface area contributed by atoms with Gasteiger partial charge in [0.25, 0.3) is 0 Å². The third kappa shape index (κ3) is 3.51. The molecular weight excluding hydrogens is 390 g/mol. The van der Waals surface area contributed by atoms with Crippen molar-refractivity contribution in [1.82, 2.24) is 5.32 Å². The lowest BCUT2D eigenvalue weighted by Gasteiger charge is -2.24. The number of aromatic hydroxyl groups is 6. The normalized spacial score (nSPS) is 15.8. The molecule has 0 amide bonds. The molecule has 1 unspecified atom stereocenters. The van der Waals surface area contributed by atoms with Crippen LogP contribution in [-0.4, -0.2) is 42.3 Å². The van der Waals surface area contributed by atoms with Crippen LogP contribution >= 0.6 is 0 Å². The van der Waals surface area contributed by atoms with Gasteiger partial charge < -0.3 is 36.0 Å². The van der Waals surface area contributed by atoms with E-state index in [1.165, 1.54) is 36.4 Å². The molecule has 0 saturated carbocycles. The molecule has 9 heteroatoms. The Morgan fingerprint density at radius 1 is 0.633 bits per heavy atom. The van der Waals surface area contributed by atoms with Gasteiger partial charge in [-0.05, 0) is 36.4 Å². The molecule has 1 heterocycles. The predicted molar refractivity (Wildman–Crippen MR) is 108 cm³/mol. The first-order valence-corrected chi connectivity index (χ1v) is 8.81. The molecule has 0 bridgehead atoms. The van der Waals surface area contributed by atoms with Gasteiger partial charge in [-0.1, -0.05) is 0 Å². The molecule has 0 spiro atoms. The van der Waals surface area contributed by atoms with Crippen LogP contribution in [0, 0.1) is 0 Å². The topological polar surface area (TPSA) is 158 Å². The fraction of sp³-hybridized carbons (Fsp3) is 0.0476. The van der Waals surface area contributed by atoms with Crippen LogP contribution in [0.25, 0.3) is 0 Å². The summed E-state index contributed by atoms with van der Waals surface area (Å²) in [6.07, 6.45) is -0.880. The van der Waals surface area contributed by atoms with Crippen molar-refractivity contribution < 1.29 is 30.6 Å². The van der Waals surface area contributed by atoms with Gasteiger partial charge in [-0.2, -0.15) is 0 Å². The summed E-state index contributed by atoms with van der Waals surface area (Å²) in [5, 5.41) is 62.4. The SMILES string of the molecule is Oc1ccc(C2=NC(c3ccc(O)cc3O)NC(c3ccc(O)cc3O)=N2)c(O)c1. The van der Waals surface area contributed by atoms with Crippen LogP contribution in [0.3, 0.4) is 0 Å².